The fourth-order valence-electron chi connectivity index (χ4n) is 2.43. The molecule has 4 heteroatoms. The molecular formula is C14H21NO3. The van der Waals surface area contributed by atoms with E-state index in [0.717, 1.165) is 37.7 Å². The van der Waals surface area contributed by atoms with Gasteiger partial charge in [-0.1, -0.05) is 24.5 Å². The van der Waals surface area contributed by atoms with E-state index in [1.165, 1.54) is 6.42 Å². The topological polar surface area (TPSA) is 66.4 Å². The predicted molar refractivity (Wildman–Crippen MR) is 68.1 cm³/mol. The number of rotatable bonds is 6. The predicted octanol–water partition coefficient (Wildman–Crippen LogP) is 2.25. The number of carbonyl (C=O) groups is 2. The molecule has 18 heavy (non-hydrogen) atoms. The highest BCUT2D eigenvalue weighted by Gasteiger charge is 2.30. The monoisotopic (exact) mass is 251 g/mol. The SMILES string of the molecule is O=C(CC1=CCCCC1)NC(CC1CC1)C(=O)O. The van der Waals surface area contributed by atoms with Crippen molar-refractivity contribution >= 4 is 11.9 Å². The third-order valence-electron chi connectivity index (χ3n) is 3.67. The van der Waals surface area contributed by atoms with E-state index < -0.39 is 12.0 Å². The van der Waals surface area contributed by atoms with E-state index in [-0.39, 0.29) is 5.91 Å². The minimum absolute atomic E-state index is 0.142. The number of amides is 1. The van der Waals surface area contributed by atoms with Gasteiger partial charge in [0.05, 0.1) is 0 Å². The van der Waals surface area contributed by atoms with Crippen molar-refractivity contribution in [1.29, 1.82) is 0 Å². The molecule has 4 nitrogen and oxygen atoms in total. The molecule has 0 aromatic carbocycles. The standard InChI is InChI=1S/C14H21NO3/c16-13(9-10-4-2-1-3-5-10)15-12(14(17)18)8-11-6-7-11/h4,11-12H,1-3,5-9H2,(H,15,16)(H,17,18). The third-order valence-corrected chi connectivity index (χ3v) is 3.67. The molecule has 0 saturated heterocycles. The van der Waals surface area contributed by atoms with Gasteiger partial charge in [-0.3, -0.25) is 4.79 Å². The Kier molecular flexibility index (Phi) is 4.39. The summed E-state index contributed by atoms with van der Waals surface area (Å²) in [6.45, 7) is 0. The molecule has 0 aromatic heterocycles. The molecule has 0 radical (unpaired) electrons. The van der Waals surface area contributed by atoms with Gasteiger partial charge in [-0.15, -0.1) is 0 Å². The van der Waals surface area contributed by atoms with Crippen LogP contribution in [-0.4, -0.2) is 23.0 Å². The first kappa shape index (κ1) is 13.1. The molecule has 2 aliphatic rings. The van der Waals surface area contributed by atoms with Crippen LogP contribution < -0.4 is 5.32 Å². The van der Waals surface area contributed by atoms with Crippen molar-refractivity contribution in [3.05, 3.63) is 11.6 Å². The normalized spacial score (nSPS) is 21.0. The molecule has 1 amide bonds. The second kappa shape index (κ2) is 6.03. The lowest BCUT2D eigenvalue weighted by Crippen LogP contribution is -2.41. The summed E-state index contributed by atoms with van der Waals surface area (Å²) in [6, 6.07) is -0.700. The molecule has 1 atom stereocenters. The first-order chi connectivity index (χ1) is 8.65. The Morgan fingerprint density at radius 3 is 2.72 bits per heavy atom. The fourth-order valence-corrected chi connectivity index (χ4v) is 2.43. The summed E-state index contributed by atoms with van der Waals surface area (Å²) in [4.78, 5) is 22.9. The zero-order valence-corrected chi connectivity index (χ0v) is 10.7. The quantitative estimate of drug-likeness (QED) is 0.711. The summed E-state index contributed by atoms with van der Waals surface area (Å²) in [5.41, 5.74) is 1.16. The number of carboxylic acid groups (broad SMARTS) is 1. The molecule has 1 fully saturated rings. The molecule has 2 aliphatic carbocycles. The number of aliphatic carboxylic acids is 1. The Hall–Kier alpha value is -1.32. The molecular weight excluding hydrogens is 230 g/mol. The van der Waals surface area contributed by atoms with E-state index in [0.29, 0.717) is 18.8 Å². The van der Waals surface area contributed by atoms with Gasteiger partial charge in [0.15, 0.2) is 0 Å². The number of hydrogen-bond donors (Lipinski definition) is 2. The molecule has 1 saturated carbocycles. The summed E-state index contributed by atoms with van der Waals surface area (Å²) in [5, 5.41) is 11.7. The highest BCUT2D eigenvalue weighted by Crippen LogP contribution is 2.33. The largest absolute Gasteiger partial charge is 0.480 e. The van der Waals surface area contributed by atoms with Gasteiger partial charge in [-0.25, -0.2) is 4.79 Å². The molecule has 0 aromatic rings. The number of nitrogens with one attached hydrogen (secondary N) is 1. The Morgan fingerprint density at radius 1 is 1.39 bits per heavy atom. The summed E-state index contributed by atoms with van der Waals surface area (Å²) in [5.74, 6) is -0.552. The Balaban J connectivity index is 1.80. The molecule has 100 valence electrons. The Bertz CT molecular complexity index is 358. The van der Waals surface area contributed by atoms with Crippen LogP contribution in [0.25, 0.3) is 0 Å². The zero-order chi connectivity index (χ0) is 13.0. The van der Waals surface area contributed by atoms with Crippen LogP contribution in [0, 0.1) is 5.92 Å². The van der Waals surface area contributed by atoms with Crippen LogP contribution in [0.4, 0.5) is 0 Å². The lowest BCUT2D eigenvalue weighted by molar-refractivity contribution is -0.142. The number of carboxylic acids is 1. The van der Waals surface area contributed by atoms with Crippen molar-refractivity contribution in [3.63, 3.8) is 0 Å². The van der Waals surface area contributed by atoms with Crippen LogP contribution in [0.2, 0.25) is 0 Å². The lowest BCUT2D eigenvalue weighted by Gasteiger charge is -2.16. The summed E-state index contributed by atoms with van der Waals surface area (Å²) in [7, 11) is 0. The van der Waals surface area contributed by atoms with Gasteiger partial charge in [-0.05, 0) is 38.0 Å². The van der Waals surface area contributed by atoms with Crippen molar-refractivity contribution in [2.75, 3.05) is 0 Å². The third kappa shape index (κ3) is 4.17. The van der Waals surface area contributed by atoms with Crippen LogP contribution in [0.3, 0.4) is 0 Å². The van der Waals surface area contributed by atoms with Gasteiger partial charge in [0, 0.05) is 6.42 Å². The smallest absolute Gasteiger partial charge is 0.326 e. The second-order valence-corrected chi connectivity index (χ2v) is 5.42. The van der Waals surface area contributed by atoms with Gasteiger partial charge < -0.3 is 10.4 Å². The fraction of sp³-hybridized carbons (Fsp3) is 0.714. The molecule has 2 rings (SSSR count). The van der Waals surface area contributed by atoms with E-state index in [1.807, 2.05) is 0 Å². The van der Waals surface area contributed by atoms with Gasteiger partial charge in [-0.2, -0.15) is 0 Å². The number of hydrogen-bond acceptors (Lipinski definition) is 2. The maximum absolute atomic E-state index is 11.8. The minimum Gasteiger partial charge on any atom is -0.480 e. The van der Waals surface area contributed by atoms with Crippen LogP contribution in [-0.2, 0) is 9.59 Å². The zero-order valence-electron chi connectivity index (χ0n) is 10.7. The van der Waals surface area contributed by atoms with Crippen molar-refractivity contribution in [2.24, 2.45) is 5.92 Å². The van der Waals surface area contributed by atoms with Gasteiger partial charge in [0.2, 0.25) is 5.91 Å². The maximum atomic E-state index is 11.8. The van der Waals surface area contributed by atoms with Gasteiger partial charge in [0.1, 0.15) is 6.04 Å². The summed E-state index contributed by atoms with van der Waals surface area (Å²) < 4.78 is 0. The van der Waals surface area contributed by atoms with Crippen molar-refractivity contribution < 1.29 is 14.7 Å². The van der Waals surface area contributed by atoms with Gasteiger partial charge in [0.25, 0.3) is 0 Å². The van der Waals surface area contributed by atoms with E-state index >= 15 is 0 Å². The van der Waals surface area contributed by atoms with Crippen LogP contribution in [0.15, 0.2) is 11.6 Å². The first-order valence-corrected chi connectivity index (χ1v) is 6.85. The van der Waals surface area contributed by atoms with E-state index in [1.54, 1.807) is 0 Å². The van der Waals surface area contributed by atoms with Crippen molar-refractivity contribution in [1.82, 2.24) is 5.32 Å². The molecule has 2 N–H and O–H groups in total. The lowest BCUT2D eigenvalue weighted by atomic mass is 9.97. The van der Waals surface area contributed by atoms with Crippen LogP contribution in [0.1, 0.15) is 51.4 Å². The summed E-state index contributed by atoms with van der Waals surface area (Å²) in [6.07, 6.45) is 9.65. The van der Waals surface area contributed by atoms with E-state index in [2.05, 4.69) is 11.4 Å². The van der Waals surface area contributed by atoms with Crippen molar-refractivity contribution in [3.8, 4) is 0 Å². The number of carbonyl (C=O) groups excluding carboxylic acids is 1. The first-order valence-electron chi connectivity index (χ1n) is 6.85. The van der Waals surface area contributed by atoms with Crippen molar-refractivity contribution in [2.45, 2.75) is 57.4 Å². The van der Waals surface area contributed by atoms with E-state index in [4.69, 9.17) is 5.11 Å². The van der Waals surface area contributed by atoms with Gasteiger partial charge >= 0.3 is 5.97 Å². The molecule has 0 heterocycles. The highest BCUT2D eigenvalue weighted by atomic mass is 16.4. The van der Waals surface area contributed by atoms with Crippen LogP contribution >= 0.6 is 0 Å². The maximum Gasteiger partial charge on any atom is 0.326 e. The Morgan fingerprint density at radius 2 is 2.17 bits per heavy atom. The van der Waals surface area contributed by atoms with Crippen LogP contribution in [0.5, 0.6) is 0 Å². The Labute approximate surface area is 107 Å². The minimum atomic E-state index is -0.909. The summed E-state index contributed by atoms with van der Waals surface area (Å²) >= 11 is 0. The molecule has 1 unspecified atom stereocenters. The molecule has 0 spiro atoms. The highest BCUT2D eigenvalue weighted by molar-refractivity contribution is 5.84. The van der Waals surface area contributed by atoms with E-state index in [9.17, 15) is 9.59 Å². The average Bonchev–Trinajstić information content (AvgIpc) is 3.13. The molecule has 0 aliphatic heterocycles. The second-order valence-electron chi connectivity index (χ2n) is 5.42. The number of allylic oxidation sites excluding steroid dienone is 1. The average molecular weight is 251 g/mol. The molecule has 0 bridgehead atoms.